The number of fused-ring (bicyclic) bond motifs is 1. The largest absolute Gasteiger partial charge is 0.335 e. The topological polar surface area (TPSA) is 121 Å². The van der Waals surface area contributed by atoms with Crippen molar-refractivity contribution in [2.24, 2.45) is 5.92 Å². The van der Waals surface area contributed by atoms with Crippen LogP contribution < -0.4 is 15.6 Å². The van der Waals surface area contributed by atoms with Crippen LogP contribution in [-0.2, 0) is 16.4 Å². The molecule has 0 bridgehead atoms. The Morgan fingerprint density at radius 1 is 1.03 bits per heavy atom. The van der Waals surface area contributed by atoms with E-state index in [1.54, 1.807) is 18.2 Å². The van der Waals surface area contributed by atoms with E-state index < -0.39 is 16.1 Å². The number of aryl methyl sites for hydroxylation is 1. The highest BCUT2D eigenvalue weighted by molar-refractivity contribution is 7.90. The number of amides is 2. The van der Waals surface area contributed by atoms with Crippen LogP contribution in [0.4, 0.5) is 4.79 Å². The lowest BCUT2D eigenvalue weighted by molar-refractivity contribution is 0.231. The van der Waals surface area contributed by atoms with Crippen molar-refractivity contribution in [1.82, 2.24) is 20.0 Å². The zero-order chi connectivity index (χ0) is 24.6. The van der Waals surface area contributed by atoms with E-state index in [0.717, 1.165) is 49.1 Å². The molecule has 1 aliphatic rings. The molecule has 8 nitrogen and oxygen atoms in total. The average molecular weight is 485 g/mol. The van der Waals surface area contributed by atoms with Crippen LogP contribution in [0.5, 0.6) is 0 Å². The van der Waals surface area contributed by atoms with E-state index in [-0.39, 0.29) is 16.5 Å². The smallest absolute Gasteiger partial charge is 0.328 e. The van der Waals surface area contributed by atoms with Gasteiger partial charge in [-0.2, -0.15) is 0 Å². The van der Waals surface area contributed by atoms with Crippen molar-refractivity contribution in [2.45, 2.75) is 63.3 Å². The molecule has 1 aliphatic carbocycles. The van der Waals surface area contributed by atoms with Gasteiger partial charge < -0.3 is 10.3 Å². The monoisotopic (exact) mass is 484 g/mol. The van der Waals surface area contributed by atoms with E-state index in [1.807, 2.05) is 25.1 Å². The van der Waals surface area contributed by atoms with E-state index >= 15 is 0 Å². The summed E-state index contributed by atoms with van der Waals surface area (Å²) in [5.74, 6) is 0.733. The van der Waals surface area contributed by atoms with Gasteiger partial charge in [-0.15, -0.1) is 0 Å². The van der Waals surface area contributed by atoms with Gasteiger partial charge in [0, 0.05) is 6.04 Å². The summed E-state index contributed by atoms with van der Waals surface area (Å²) in [7, 11) is -3.81. The first-order chi connectivity index (χ1) is 16.3. The first-order valence-corrected chi connectivity index (χ1v) is 13.1. The predicted octanol–water partition coefficient (Wildman–Crippen LogP) is 4.13. The molecule has 182 valence electrons. The highest BCUT2D eigenvalue weighted by Gasteiger charge is 2.23. The van der Waals surface area contributed by atoms with Crippen molar-refractivity contribution in [2.75, 3.05) is 0 Å². The van der Waals surface area contributed by atoms with Crippen molar-refractivity contribution in [3.05, 3.63) is 70.8 Å². The summed E-state index contributed by atoms with van der Waals surface area (Å²) in [5.41, 5.74) is 1.70. The molecule has 0 unspecified atom stereocenters. The zero-order valence-corrected chi connectivity index (χ0v) is 20.4. The molecule has 3 N–H and O–H groups in total. The number of hydrogen-bond donors (Lipinski definition) is 3. The molecule has 1 aromatic heterocycles. The van der Waals surface area contributed by atoms with Gasteiger partial charge in [0.2, 0.25) is 0 Å². The molecular formula is C25H32N4O4S. The van der Waals surface area contributed by atoms with Crippen LogP contribution >= 0.6 is 0 Å². The highest BCUT2D eigenvalue weighted by Crippen LogP contribution is 2.26. The SMILES string of the molecule is CCc1ccc(S(=O)(=O)NC(=O)NC2CCC(CC)CC2)cc1.O=c1[nH]cnc2ccccc12. The number of hydrogen-bond acceptors (Lipinski definition) is 5. The Bertz CT molecular complexity index is 1240. The second-order valence-corrected chi connectivity index (χ2v) is 10.1. The molecule has 0 radical (unpaired) electrons. The summed E-state index contributed by atoms with van der Waals surface area (Å²) >= 11 is 0. The van der Waals surface area contributed by atoms with Crippen LogP contribution in [0.1, 0.15) is 51.5 Å². The summed E-state index contributed by atoms with van der Waals surface area (Å²) in [6.07, 6.45) is 7.42. The van der Waals surface area contributed by atoms with Crippen LogP contribution in [0.25, 0.3) is 10.9 Å². The molecule has 3 aromatic rings. The van der Waals surface area contributed by atoms with Gasteiger partial charge in [-0.05, 0) is 67.9 Å². The number of aromatic amines is 1. The number of H-pyrrole nitrogens is 1. The quantitative estimate of drug-likeness (QED) is 0.503. The Labute approximate surface area is 200 Å². The minimum absolute atomic E-state index is 0.0652. The van der Waals surface area contributed by atoms with Crippen molar-refractivity contribution >= 4 is 27.0 Å². The number of nitrogens with one attached hydrogen (secondary N) is 3. The number of carbonyl (C=O) groups is 1. The fourth-order valence-corrected chi connectivity index (χ4v) is 4.95. The minimum Gasteiger partial charge on any atom is -0.335 e. The standard InChI is InChI=1S/C17H26N2O3S.C8H6N2O/c1-3-13-5-9-15(10-6-13)18-17(20)19-23(21,22)16-11-7-14(4-2)8-12-16;11-8-6-3-1-2-4-7(6)9-5-10-8/h7-8,11-13,15H,3-6,9-10H2,1-2H3,(H2,18,19,20);1-5H,(H,9,10,11). The fourth-order valence-electron chi connectivity index (χ4n) is 4.03. The maximum Gasteiger partial charge on any atom is 0.328 e. The summed E-state index contributed by atoms with van der Waals surface area (Å²) in [4.78, 5) is 29.7. The van der Waals surface area contributed by atoms with E-state index in [0.29, 0.717) is 5.39 Å². The van der Waals surface area contributed by atoms with Crippen molar-refractivity contribution in [3.8, 4) is 0 Å². The van der Waals surface area contributed by atoms with E-state index in [4.69, 9.17) is 0 Å². The summed E-state index contributed by atoms with van der Waals surface area (Å²) in [6, 6.07) is 13.2. The fraction of sp³-hybridized carbons (Fsp3) is 0.400. The third-order valence-corrected chi connectivity index (χ3v) is 7.52. The Kier molecular flexibility index (Phi) is 8.81. The number of rotatable bonds is 5. The van der Waals surface area contributed by atoms with E-state index in [2.05, 4.69) is 26.9 Å². The van der Waals surface area contributed by atoms with Gasteiger partial charge in [-0.25, -0.2) is 22.9 Å². The molecule has 0 saturated heterocycles. The van der Waals surface area contributed by atoms with Crippen LogP contribution in [0, 0.1) is 5.92 Å². The number of carbonyl (C=O) groups excluding carboxylic acids is 1. The molecule has 4 rings (SSSR count). The first kappa shape index (κ1) is 25.4. The van der Waals surface area contributed by atoms with Crippen molar-refractivity contribution in [3.63, 3.8) is 0 Å². The molecular weight excluding hydrogens is 452 g/mol. The minimum atomic E-state index is -3.81. The van der Waals surface area contributed by atoms with Crippen LogP contribution in [0.15, 0.2) is 64.5 Å². The van der Waals surface area contributed by atoms with E-state index in [9.17, 15) is 18.0 Å². The molecule has 1 heterocycles. The maximum absolute atomic E-state index is 12.2. The zero-order valence-electron chi connectivity index (χ0n) is 19.6. The van der Waals surface area contributed by atoms with Crippen LogP contribution in [0.3, 0.4) is 0 Å². The van der Waals surface area contributed by atoms with Gasteiger partial charge in [0.1, 0.15) is 0 Å². The normalized spacial score (nSPS) is 17.9. The van der Waals surface area contributed by atoms with Gasteiger partial charge in [0.15, 0.2) is 0 Å². The second kappa shape index (κ2) is 11.8. The summed E-state index contributed by atoms with van der Waals surface area (Å²) < 4.78 is 26.5. The second-order valence-electron chi connectivity index (χ2n) is 8.45. The van der Waals surface area contributed by atoms with Crippen molar-refractivity contribution < 1.29 is 13.2 Å². The highest BCUT2D eigenvalue weighted by atomic mass is 32.2. The lowest BCUT2D eigenvalue weighted by atomic mass is 9.85. The van der Waals surface area contributed by atoms with Gasteiger partial charge in [0.05, 0.1) is 22.1 Å². The number of para-hydroxylation sites is 1. The van der Waals surface area contributed by atoms with Gasteiger partial charge in [-0.3, -0.25) is 4.79 Å². The molecule has 0 aliphatic heterocycles. The molecule has 1 fully saturated rings. The third-order valence-electron chi connectivity index (χ3n) is 6.18. The Balaban J connectivity index is 0.000000243. The Morgan fingerprint density at radius 3 is 2.32 bits per heavy atom. The summed E-state index contributed by atoms with van der Waals surface area (Å²) in [6.45, 7) is 4.18. The number of urea groups is 1. The van der Waals surface area contributed by atoms with Gasteiger partial charge >= 0.3 is 6.03 Å². The molecule has 0 atom stereocenters. The van der Waals surface area contributed by atoms with Crippen LogP contribution in [-0.4, -0.2) is 30.5 Å². The Morgan fingerprint density at radius 2 is 1.71 bits per heavy atom. The predicted molar refractivity (Wildman–Crippen MR) is 133 cm³/mol. The average Bonchev–Trinajstić information content (AvgIpc) is 2.85. The number of benzene rings is 2. The molecule has 0 spiro atoms. The lowest BCUT2D eigenvalue weighted by Crippen LogP contribution is -2.45. The Hall–Kier alpha value is -3.20. The molecule has 2 amide bonds. The van der Waals surface area contributed by atoms with Crippen LogP contribution in [0.2, 0.25) is 0 Å². The first-order valence-electron chi connectivity index (χ1n) is 11.7. The maximum atomic E-state index is 12.2. The molecule has 2 aromatic carbocycles. The number of sulfonamides is 1. The summed E-state index contributed by atoms with van der Waals surface area (Å²) in [5, 5.41) is 3.42. The molecule has 9 heteroatoms. The van der Waals surface area contributed by atoms with Gasteiger partial charge in [0.25, 0.3) is 15.6 Å². The molecule has 1 saturated carbocycles. The lowest BCUT2D eigenvalue weighted by Gasteiger charge is -2.28. The third kappa shape index (κ3) is 6.90. The molecule has 34 heavy (non-hydrogen) atoms. The number of nitrogens with zero attached hydrogens (tertiary/aromatic N) is 1. The van der Waals surface area contributed by atoms with Crippen molar-refractivity contribution in [1.29, 1.82) is 0 Å². The van der Waals surface area contributed by atoms with E-state index in [1.165, 1.54) is 24.9 Å². The van der Waals surface area contributed by atoms with Gasteiger partial charge in [-0.1, -0.05) is 44.5 Å². The number of aromatic nitrogens is 2.